The second-order valence-electron chi connectivity index (χ2n) is 2.80. The minimum absolute atomic E-state index is 0.0609. The maximum Gasteiger partial charge on any atom is 0.305 e. The van der Waals surface area contributed by atoms with Crippen molar-refractivity contribution in [3.8, 4) is 0 Å². The Balaban J connectivity index is 2.22. The van der Waals surface area contributed by atoms with E-state index in [9.17, 15) is 4.79 Å². The Morgan fingerprint density at radius 3 is 3.08 bits per heavy atom. The van der Waals surface area contributed by atoms with Crippen LogP contribution < -0.4 is 0 Å². The Labute approximate surface area is 81.0 Å². The van der Waals surface area contributed by atoms with Gasteiger partial charge in [-0.25, -0.2) is 0 Å². The summed E-state index contributed by atoms with van der Waals surface area (Å²) in [6, 6.07) is 3.92. The Morgan fingerprint density at radius 1 is 1.77 bits per heavy atom. The predicted octanol–water partition coefficient (Wildman–Crippen LogP) is 2.13. The van der Waals surface area contributed by atoms with Gasteiger partial charge in [0.25, 0.3) is 0 Å². The zero-order valence-electron chi connectivity index (χ0n) is 7.40. The van der Waals surface area contributed by atoms with Crippen LogP contribution in [0.3, 0.4) is 0 Å². The fraction of sp³-hybridized carbons (Fsp3) is 0.444. The molecule has 1 aromatic heterocycles. The van der Waals surface area contributed by atoms with Crippen LogP contribution in [0.15, 0.2) is 17.5 Å². The van der Waals surface area contributed by atoms with E-state index in [1.54, 1.807) is 18.3 Å². The van der Waals surface area contributed by atoms with Gasteiger partial charge in [-0.2, -0.15) is 0 Å². The summed E-state index contributed by atoms with van der Waals surface area (Å²) >= 11 is 1.61. The van der Waals surface area contributed by atoms with E-state index in [0.29, 0.717) is 6.61 Å². The minimum Gasteiger partial charge on any atom is -0.481 e. The van der Waals surface area contributed by atoms with Gasteiger partial charge in [0.05, 0.1) is 19.1 Å². The van der Waals surface area contributed by atoms with Crippen molar-refractivity contribution in [3.05, 3.63) is 22.4 Å². The molecule has 0 amide bonds. The topological polar surface area (TPSA) is 46.5 Å². The maximum atomic E-state index is 10.3. The zero-order chi connectivity index (χ0) is 9.68. The molecule has 72 valence electrons. The largest absolute Gasteiger partial charge is 0.481 e. The van der Waals surface area contributed by atoms with Crippen LogP contribution in [0.25, 0.3) is 0 Å². The first-order valence-electron chi connectivity index (χ1n) is 4.04. The molecular weight excluding hydrogens is 188 g/mol. The molecule has 0 fully saturated rings. The van der Waals surface area contributed by atoms with Crippen molar-refractivity contribution in [3.63, 3.8) is 0 Å². The summed E-state index contributed by atoms with van der Waals surface area (Å²) in [4.78, 5) is 11.4. The molecule has 1 N–H and O–H groups in total. The van der Waals surface area contributed by atoms with Crippen LogP contribution in [0.4, 0.5) is 0 Å². The van der Waals surface area contributed by atoms with Gasteiger partial charge in [0.2, 0.25) is 0 Å². The lowest BCUT2D eigenvalue weighted by Crippen LogP contribution is -2.13. The standard InChI is InChI=1S/C9H12O3S/c1-7(5-9(10)11)12-6-8-3-2-4-13-8/h2-4,7H,5-6H2,1H3,(H,10,11)/t7-/m0/s1. The van der Waals surface area contributed by atoms with Gasteiger partial charge in [-0.15, -0.1) is 11.3 Å². The predicted molar refractivity (Wildman–Crippen MR) is 50.8 cm³/mol. The first-order chi connectivity index (χ1) is 6.18. The molecule has 0 aliphatic carbocycles. The molecule has 1 atom stereocenters. The molecule has 13 heavy (non-hydrogen) atoms. The first-order valence-corrected chi connectivity index (χ1v) is 4.92. The molecule has 0 spiro atoms. The van der Waals surface area contributed by atoms with E-state index in [1.807, 2.05) is 17.5 Å². The number of hydrogen-bond acceptors (Lipinski definition) is 3. The van der Waals surface area contributed by atoms with Crippen molar-refractivity contribution in [1.82, 2.24) is 0 Å². The molecule has 1 rings (SSSR count). The van der Waals surface area contributed by atoms with Crippen molar-refractivity contribution < 1.29 is 14.6 Å². The van der Waals surface area contributed by atoms with Crippen LogP contribution >= 0.6 is 11.3 Å². The molecule has 0 aliphatic heterocycles. The molecule has 0 radical (unpaired) electrons. The molecule has 0 aliphatic rings. The highest BCUT2D eigenvalue weighted by Gasteiger charge is 2.07. The van der Waals surface area contributed by atoms with Crippen LogP contribution in [0, 0.1) is 0 Å². The fourth-order valence-corrected chi connectivity index (χ4v) is 1.55. The normalized spacial score (nSPS) is 12.7. The molecule has 1 heterocycles. The number of carbonyl (C=O) groups is 1. The molecule has 0 unspecified atom stereocenters. The molecule has 4 heteroatoms. The summed E-state index contributed by atoms with van der Waals surface area (Å²) < 4.78 is 5.33. The lowest BCUT2D eigenvalue weighted by molar-refractivity contribution is -0.140. The van der Waals surface area contributed by atoms with Crippen LogP contribution in [0.2, 0.25) is 0 Å². The van der Waals surface area contributed by atoms with Gasteiger partial charge in [0.1, 0.15) is 0 Å². The van der Waals surface area contributed by atoms with Crippen molar-refractivity contribution in [2.24, 2.45) is 0 Å². The van der Waals surface area contributed by atoms with Crippen molar-refractivity contribution in [1.29, 1.82) is 0 Å². The highest BCUT2D eigenvalue weighted by atomic mass is 32.1. The summed E-state index contributed by atoms with van der Waals surface area (Å²) in [5.74, 6) is -0.821. The van der Waals surface area contributed by atoms with E-state index in [4.69, 9.17) is 9.84 Å². The smallest absolute Gasteiger partial charge is 0.305 e. The van der Waals surface area contributed by atoms with Crippen LogP contribution in [-0.4, -0.2) is 17.2 Å². The number of carboxylic acid groups (broad SMARTS) is 1. The van der Waals surface area contributed by atoms with Crippen LogP contribution in [-0.2, 0) is 16.1 Å². The average Bonchev–Trinajstić information content (AvgIpc) is 2.51. The average molecular weight is 200 g/mol. The molecule has 0 saturated heterocycles. The SMILES string of the molecule is C[C@@H](CC(=O)O)OCc1cccs1. The van der Waals surface area contributed by atoms with E-state index in [1.165, 1.54) is 0 Å². The van der Waals surface area contributed by atoms with Crippen LogP contribution in [0.5, 0.6) is 0 Å². The zero-order valence-corrected chi connectivity index (χ0v) is 8.21. The summed E-state index contributed by atoms with van der Waals surface area (Å²) in [7, 11) is 0. The molecule has 1 aromatic rings. The second-order valence-corrected chi connectivity index (χ2v) is 3.83. The van der Waals surface area contributed by atoms with Gasteiger partial charge >= 0.3 is 5.97 Å². The van der Waals surface area contributed by atoms with Crippen molar-refractivity contribution in [2.75, 3.05) is 0 Å². The Bertz CT molecular complexity index is 256. The quantitative estimate of drug-likeness (QED) is 0.792. The minimum atomic E-state index is -0.821. The van der Waals surface area contributed by atoms with Crippen molar-refractivity contribution >= 4 is 17.3 Å². The lowest BCUT2D eigenvalue weighted by Gasteiger charge is -2.08. The monoisotopic (exact) mass is 200 g/mol. The molecular formula is C9H12O3S. The summed E-state index contributed by atoms with van der Waals surface area (Å²) in [6.45, 7) is 2.27. The highest BCUT2D eigenvalue weighted by molar-refractivity contribution is 7.09. The molecule has 0 aromatic carbocycles. The third-order valence-electron chi connectivity index (χ3n) is 1.55. The number of hydrogen-bond donors (Lipinski definition) is 1. The summed E-state index contributed by atoms with van der Waals surface area (Å²) in [6.07, 6.45) is -0.162. The molecule has 0 bridgehead atoms. The van der Waals surface area contributed by atoms with E-state index < -0.39 is 5.97 Å². The van der Waals surface area contributed by atoms with Crippen molar-refractivity contribution in [2.45, 2.75) is 26.1 Å². The van der Waals surface area contributed by atoms with E-state index >= 15 is 0 Å². The third kappa shape index (κ3) is 4.05. The van der Waals surface area contributed by atoms with Gasteiger partial charge in [-0.1, -0.05) is 6.07 Å². The number of carboxylic acids is 1. The third-order valence-corrected chi connectivity index (χ3v) is 2.40. The highest BCUT2D eigenvalue weighted by Crippen LogP contribution is 2.11. The first kappa shape index (κ1) is 10.2. The fourth-order valence-electron chi connectivity index (χ4n) is 0.924. The lowest BCUT2D eigenvalue weighted by atomic mass is 10.3. The molecule has 0 saturated carbocycles. The van der Waals surface area contributed by atoms with Gasteiger partial charge in [-0.05, 0) is 18.4 Å². The number of thiophene rings is 1. The van der Waals surface area contributed by atoms with E-state index in [0.717, 1.165) is 4.88 Å². The number of aliphatic carboxylic acids is 1. The maximum absolute atomic E-state index is 10.3. The Morgan fingerprint density at radius 2 is 2.54 bits per heavy atom. The Hall–Kier alpha value is -0.870. The summed E-state index contributed by atoms with van der Waals surface area (Å²) in [5.41, 5.74) is 0. The van der Waals surface area contributed by atoms with Crippen LogP contribution in [0.1, 0.15) is 18.2 Å². The van der Waals surface area contributed by atoms with Gasteiger partial charge < -0.3 is 9.84 Å². The van der Waals surface area contributed by atoms with Gasteiger partial charge in [-0.3, -0.25) is 4.79 Å². The molecule has 3 nitrogen and oxygen atoms in total. The summed E-state index contributed by atoms with van der Waals surface area (Å²) in [5, 5.41) is 10.4. The van der Waals surface area contributed by atoms with Gasteiger partial charge in [0.15, 0.2) is 0 Å². The van der Waals surface area contributed by atoms with E-state index in [2.05, 4.69) is 0 Å². The number of rotatable bonds is 5. The second kappa shape index (κ2) is 4.99. The van der Waals surface area contributed by atoms with Gasteiger partial charge in [0, 0.05) is 4.88 Å². The number of ether oxygens (including phenoxy) is 1. The Kier molecular flexibility index (Phi) is 3.92. The van der Waals surface area contributed by atoms with E-state index in [-0.39, 0.29) is 12.5 Å².